The summed E-state index contributed by atoms with van der Waals surface area (Å²) in [7, 11) is -9.91. The molecule has 3 N–H and O–H groups in total. The zero-order chi connectivity index (χ0) is 68.4. The molecule has 0 spiro atoms. The maximum atomic E-state index is 13.1. The first-order valence-electron chi connectivity index (χ1n) is 38.0. The highest BCUT2D eigenvalue weighted by Gasteiger charge is 2.30. The molecule has 19 heteroatoms. The number of hydrogen-bond donors (Lipinski definition) is 3. The highest BCUT2D eigenvalue weighted by atomic mass is 31.2. The number of carbonyl (C=O) groups is 4. The Morgan fingerprint density at radius 3 is 0.882 bits per heavy atom. The average molecular weight is 1360 g/mol. The molecular formula is C74H140O17P2. The fraction of sp³-hybridized carbons (Fsp3) is 0.892. The molecule has 0 rings (SSSR count). The number of phosphoric ester groups is 2. The van der Waals surface area contributed by atoms with Crippen LogP contribution in [0.1, 0.15) is 362 Å². The SMILES string of the molecule is CCCCCC/C=C\C=C/CCCCCCCC(=O)OC[C@H](COP(=O)(O)OC[C@@H](O)COP(=O)(O)OC[C@@H](COC(=O)CCCCCCCCCCCC)OC(=O)CCCCCCCCCCCCC)OC(=O)CCCCCCCCCCCCCCCCC(C)C. The van der Waals surface area contributed by atoms with E-state index in [1.165, 1.54) is 167 Å². The largest absolute Gasteiger partial charge is 0.472 e. The third-order valence-electron chi connectivity index (χ3n) is 16.7. The lowest BCUT2D eigenvalue weighted by Gasteiger charge is -2.21. The molecule has 0 radical (unpaired) electrons. The van der Waals surface area contributed by atoms with Gasteiger partial charge in [-0.25, -0.2) is 9.13 Å². The number of esters is 4. The molecule has 0 aliphatic rings. The first-order chi connectivity index (χ1) is 45.0. The summed E-state index contributed by atoms with van der Waals surface area (Å²) in [4.78, 5) is 72.7. The highest BCUT2D eigenvalue weighted by molar-refractivity contribution is 7.47. The van der Waals surface area contributed by atoms with E-state index in [4.69, 9.17) is 37.0 Å². The van der Waals surface area contributed by atoms with Crippen molar-refractivity contribution in [2.24, 2.45) is 5.92 Å². The van der Waals surface area contributed by atoms with E-state index in [1.807, 2.05) is 0 Å². The maximum absolute atomic E-state index is 13.1. The lowest BCUT2D eigenvalue weighted by Crippen LogP contribution is -2.30. The highest BCUT2D eigenvalue weighted by Crippen LogP contribution is 2.45. The van der Waals surface area contributed by atoms with Crippen molar-refractivity contribution in [3.8, 4) is 0 Å². The van der Waals surface area contributed by atoms with Crippen LogP contribution in [-0.4, -0.2) is 96.7 Å². The van der Waals surface area contributed by atoms with Crippen LogP contribution in [0.25, 0.3) is 0 Å². The number of aliphatic hydroxyl groups excluding tert-OH is 1. The van der Waals surface area contributed by atoms with Crippen LogP contribution in [0.15, 0.2) is 24.3 Å². The van der Waals surface area contributed by atoms with E-state index in [1.54, 1.807) is 0 Å². The van der Waals surface area contributed by atoms with E-state index in [9.17, 15) is 43.2 Å². The van der Waals surface area contributed by atoms with Crippen LogP contribution in [0.5, 0.6) is 0 Å². The Balaban J connectivity index is 5.27. The Morgan fingerprint density at radius 2 is 0.581 bits per heavy atom. The van der Waals surface area contributed by atoms with E-state index in [-0.39, 0.29) is 25.7 Å². The summed E-state index contributed by atoms with van der Waals surface area (Å²) < 4.78 is 68.4. The Bertz CT molecular complexity index is 1880. The number of unbranched alkanes of at least 4 members (excludes halogenated alkanes) is 41. The van der Waals surface area contributed by atoms with E-state index in [2.05, 4.69) is 58.9 Å². The number of hydrogen-bond acceptors (Lipinski definition) is 15. The summed E-state index contributed by atoms with van der Waals surface area (Å²) in [5.41, 5.74) is 0. The summed E-state index contributed by atoms with van der Waals surface area (Å²) >= 11 is 0. The van der Waals surface area contributed by atoms with Gasteiger partial charge in [0.15, 0.2) is 12.2 Å². The van der Waals surface area contributed by atoms with Crippen molar-refractivity contribution in [1.29, 1.82) is 0 Å². The third-order valence-corrected chi connectivity index (χ3v) is 18.6. The molecule has 0 bridgehead atoms. The predicted octanol–water partition coefficient (Wildman–Crippen LogP) is 21.2. The molecule has 0 aromatic carbocycles. The van der Waals surface area contributed by atoms with Crippen LogP contribution < -0.4 is 0 Å². The molecule has 548 valence electrons. The molecular weight excluding hydrogens is 1220 g/mol. The normalized spacial score (nSPS) is 14.2. The lowest BCUT2D eigenvalue weighted by molar-refractivity contribution is -0.161. The van der Waals surface area contributed by atoms with Crippen molar-refractivity contribution in [1.82, 2.24) is 0 Å². The molecule has 0 aliphatic heterocycles. The molecule has 0 heterocycles. The van der Waals surface area contributed by atoms with Crippen LogP contribution in [0, 0.1) is 5.92 Å². The van der Waals surface area contributed by atoms with Gasteiger partial charge in [-0.15, -0.1) is 0 Å². The minimum atomic E-state index is -4.96. The van der Waals surface area contributed by atoms with Crippen LogP contribution in [-0.2, 0) is 65.4 Å². The van der Waals surface area contributed by atoms with Crippen molar-refractivity contribution in [3.05, 3.63) is 24.3 Å². The Morgan fingerprint density at radius 1 is 0.333 bits per heavy atom. The van der Waals surface area contributed by atoms with E-state index >= 15 is 0 Å². The summed E-state index contributed by atoms with van der Waals surface area (Å²) in [5, 5.41) is 10.6. The lowest BCUT2D eigenvalue weighted by atomic mass is 10.0. The standard InChI is InChI=1S/C74H140O17P2/c1-6-9-12-15-18-21-24-25-26-30-34-38-43-48-53-58-72(77)85-64-70(91-74(79)60-55-50-45-40-35-31-28-27-29-33-36-41-46-51-56-67(4)5)66-89-93(82,83)87-62-68(75)61-86-92(80,81)88-65-69(63-84-71(76)57-52-47-42-37-23-20-17-14-11-8-3)90-73(78)59-54-49-44-39-32-22-19-16-13-10-7-2/h21,24-26,67-70,75H,6-20,22-23,27-66H2,1-5H3,(H,80,81)(H,82,83)/b24-21-,26-25-/t68-,69+,70+/m0/s1. The van der Waals surface area contributed by atoms with Gasteiger partial charge >= 0.3 is 39.5 Å². The summed E-state index contributed by atoms with van der Waals surface area (Å²) in [5.74, 6) is -1.35. The number of ether oxygens (including phenoxy) is 4. The van der Waals surface area contributed by atoms with E-state index in [0.717, 1.165) is 115 Å². The van der Waals surface area contributed by atoms with Crippen molar-refractivity contribution in [2.45, 2.75) is 380 Å². The number of aliphatic hydroxyl groups is 1. The Labute approximate surface area is 567 Å². The van der Waals surface area contributed by atoms with Crippen molar-refractivity contribution in [3.63, 3.8) is 0 Å². The second-order valence-corrected chi connectivity index (χ2v) is 29.4. The molecule has 17 nitrogen and oxygen atoms in total. The molecule has 0 aromatic rings. The summed E-state index contributed by atoms with van der Waals surface area (Å²) in [6, 6.07) is 0. The van der Waals surface area contributed by atoms with Gasteiger partial charge in [-0.2, -0.15) is 0 Å². The van der Waals surface area contributed by atoms with Crippen LogP contribution in [0.4, 0.5) is 0 Å². The Hall–Kier alpha value is -2.46. The number of carbonyl (C=O) groups excluding carboxylic acids is 4. The second-order valence-electron chi connectivity index (χ2n) is 26.5. The average Bonchev–Trinajstić information content (AvgIpc) is 3.21. The van der Waals surface area contributed by atoms with Gasteiger partial charge < -0.3 is 33.8 Å². The molecule has 0 aliphatic carbocycles. The van der Waals surface area contributed by atoms with Crippen LogP contribution in [0.2, 0.25) is 0 Å². The van der Waals surface area contributed by atoms with Gasteiger partial charge in [-0.1, -0.05) is 309 Å². The van der Waals surface area contributed by atoms with Gasteiger partial charge in [0.25, 0.3) is 0 Å². The van der Waals surface area contributed by atoms with E-state index < -0.39 is 97.5 Å². The molecule has 0 fully saturated rings. The smallest absolute Gasteiger partial charge is 0.462 e. The fourth-order valence-corrected chi connectivity index (χ4v) is 12.4. The molecule has 0 saturated heterocycles. The molecule has 0 saturated carbocycles. The monoisotopic (exact) mass is 1360 g/mol. The van der Waals surface area contributed by atoms with Crippen LogP contribution >= 0.6 is 15.6 Å². The predicted molar refractivity (Wildman–Crippen MR) is 377 cm³/mol. The topological polar surface area (TPSA) is 237 Å². The van der Waals surface area contributed by atoms with Crippen molar-refractivity contribution in [2.75, 3.05) is 39.6 Å². The van der Waals surface area contributed by atoms with Gasteiger partial charge in [0.1, 0.15) is 19.3 Å². The fourth-order valence-electron chi connectivity index (χ4n) is 10.8. The zero-order valence-corrected chi connectivity index (χ0v) is 61.7. The molecule has 0 aromatic heterocycles. The maximum Gasteiger partial charge on any atom is 0.472 e. The summed E-state index contributed by atoms with van der Waals surface area (Å²) in [6.07, 6.45) is 57.5. The molecule has 5 atom stereocenters. The van der Waals surface area contributed by atoms with Gasteiger partial charge in [0.05, 0.1) is 26.4 Å². The Kier molecular flexibility index (Phi) is 65.0. The zero-order valence-electron chi connectivity index (χ0n) is 59.9. The van der Waals surface area contributed by atoms with Crippen molar-refractivity contribution < 1.29 is 80.2 Å². The molecule has 93 heavy (non-hydrogen) atoms. The second kappa shape index (κ2) is 66.8. The van der Waals surface area contributed by atoms with E-state index in [0.29, 0.717) is 25.7 Å². The van der Waals surface area contributed by atoms with Crippen molar-refractivity contribution >= 4 is 39.5 Å². The number of rotatable bonds is 72. The minimum absolute atomic E-state index is 0.101. The van der Waals surface area contributed by atoms with Crippen LogP contribution in [0.3, 0.4) is 0 Å². The minimum Gasteiger partial charge on any atom is -0.462 e. The molecule has 0 amide bonds. The van der Waals surface area contributed by atoms with Gasteiger partial charge in [-0.05, 0) is 57.3 Å². The van der Waals surface area contributed by atoms with Gasteiger partial charge in [0.2, 0.25) is 0 Å². The van der Waals surface area contributed by atoms with Gasteiger partial charge in [0, 0.05) is 25.7 Å². The third kappa shape index (κ3) is 67.9. The first kappa shape index (κ1) is 90.5. The number of allylic oxidation sites excluding steroid dienone is 4. The van der Waals surface area contributed by atoms with Gasteiger partial charge in [-0.3, -0.25) is 37.3 Å². The summed E-state index contributed by atoms with van der Waals surface area (Å²) in [6.45, 7) is 7.22. The molecule has 2 unspecified atom stereocenters. The number of phosphoric acid groups is 2. The quantitative estimate of drug-likeness (QED) is 0.0169. The first-order valence-corrected chi connectivity index (χ1v) is 40.9.